The quantitative estimate of drug-likeness (QED) is 0.697. The van der Waals surface area contributed by atoms with Crippen LogP contribution < -0.4 is 0 Å². The van der Waals surface area contributed by atoms with E-state index in [-0.39, 0.29) is 0 Å². The summed E-state index contributed by atoms with van der Waals surface area (Å²) < 4.78 is 0. The molecule has 23 heavy (non-hydrogen) atoms. The van der Waals surface area contributed by atoms with Crippen LogP contribution in [0.2, 0.25) is 0 Å². The first-order valence-corrected chi connectivity index (χ1v) is 8.53. The van der Waals surface area contributed by atoms with Gasteiger partial charge in [0.25, 0.3) is 0 Å². The molecule has 0 aliphatic heterocycles. The third kappa shape index (κ3) is 2.43. The highest BCUT2D eigenvalue weighted by atomic mass is 32.1. The second-order valence-corrected chi connectivity index (χ2v) is 6.83. The summed E-state index contributed by atoms with van der Waals surface area (Å²) >= 11 is 1.60. The Morgan fingerprint density at radius 2 is 1.96 bits per heavy atom. The standard InChI is InChI=1S/C19H15N3S/c1-12-8-9-14(10-15(12)11-20)18-21-22-19(23-18)17-7-3-5-13-4-2-6-16(13)17/h3,5,7-10H,2,4,6H2,1H3. The average molecular weight is 317 g/mol. The van der Waals surface area contributed by atoms with Crippen LogP contribution in [0.25, 0.3) is 21.1 Å². The molecular formula is C19H15N3S. The van der Waals surface area contributed by atoms with Gasteiger partial charge in [-0.3, -0.25) is 0 Å². The molecule has 2 aromatic carbocycles. The van der Waals surface area contributed by atoms with E-state index in [0.717, 1.165) is 27.6 Å². The molecule has 1 heterocycles. The van der Waals surface area contributed by atoms with E-state index in [9.17, 15) is 5.26 Å². The Hall–Kier alpha value is -2.51. The van der Waals surface area contributed by atoms with Crippen molar-refractivity contribution in [2.75, 3.05) is 0 Å². The van der Waals surface area contributed by atoms with Gasteiger partial charge in [0.2, 0.25) is 0 Å². The Morgan fingerprint density at radius 3 is 2.83 bits per heavy atom. The molecule has 1 aliphatic rings. The van der Waals surface area contributed by atoms with Crippen molar-refractivity contribution in [3.8, 4) is 27.2 Å². The molecule has 0 bridgehead atoms. The smallest absolute Gasteiger partial charge is 0.148 e. The maximum Gasteiger partial charge on any atom is 0.148 e. The molecule has 1 aromatic heterocycles. The summed E-state index contributed by atoms with van der Waals surface area (Å²) in [4.78, 5) is 0. The monoisotopic (exact) mass is 317 g/mol. The van der Waals surface area contributed by atoms with Gasteiger partial charge < -0.3 is 0 Å². The second-order valence-electron chi connectivity index (χ2n) is 5.85. The first kappa shape index (κ1) is 14.1. The van der Waals surface area contributed by atoms with Crippen molar-refractivity contribution in [3.05, 3.63) is 58.7 Å². The van der Waals surface area contributed by atoms with Crippen LogP contribution in [0.15, 0.2) is 36.4 Å². The van der Waals surface area contributed by atoms with E-state index in [1.807, 2.05) is 25.1 Å². The fourth-order valence-corrected chi connectivity index (χ4v) is 4.04. The second kappa shape index (κ2) is 5.60. The minimum atomic E-state index is 0.694. The van der Waals surface area contributed by atoms with E-state index >= 15 is 0 Å². The van der Waals surface area contributed by atoms with Gasteiger partial charge in [0.1, 0.15) is 10.0 Å². The highest BCUT2D eigenvalue weighted by molar-refractivity contribution is 7.17. The van der Waals surface area contributed by atoms with Crippen LogP contribution in [0, 0.1) is 18.3 Å². The van der Waals surface area contributed by atoms with E-state index in [2.05, 4.69) is 34.5 Å². The number of rotatable bonds is 2. The first-order valence-electron chi connectivity index (χ1n) is 7.72. The number of nitrogens with zero attached hydrogens (tertiary/aromatic N) is 3. The van der Waals surface area contributed by atoms with E-state index in [1.54, 1.807) is 11.3 Å². The topological polar surface area (TPSA) is 49.6 Å². The predicted octanol–water partition coefficient (Wildman–Crippen LogP) is 4.54. The zero-order valence-electron chi connectivity index (χ0n) is 12.8. The molecule has 3 aromatic rings. The van der Waals surface area contributed by atoms with Gasteiger partial charge in [-0.05, 0) is 48.9 Å². The normalized spacial score (nSPS) is 12.9. The molecule has 0 amide bonds. The van der Waals surface area contributed by atoms with Crippen molar-refractivity contribution in [1.29, 1.82) is 5.26 Å². The predicted molar refractivity (Wildman–Crippen MR) is 92.3 cm³/mol. The molecule has 0 fully saturated rings. The highest BCUT2D eigenvalue weighted by Crippen LogP contribution is 2.36. The van der Waals surface area contributed by atoms with E-state index in [0.29, 0.717) is 5.56 Å². The van der Waals surface area contributed by atoms with Crippen LogP contribution in [0.3, 0.4) is 0 Å². The van der Waals surface area contributed by atoms with Gasteiger partial charge in [0, 0.05) is 11.1 Å². The van der Waals surface area contributed by atoms with Crippen molar-refractivity contribution in [2.45, 2.75) is 26.2 Å². The summed E-state index contributed by atoms with van der Waals surface area (Å²) in [5, 5.41) is 19.8. The average Bonchev–Trinajstić information content (AvgIpc) is 3.24. The van der Waals surface area contributed by atoms with Crippen LogP contribution in [0.5, 0.6) is 0 Å². The summed E-state index contributed by atoms with van der Waals surface area (Å²) in [5.74, 6) is 0. The molecule has 0 saturated carbocycles. The van der Waals surface area contributed by atoms with Crippen LogP contribution in [-0.4, -0.2) is 10.2 Å². The number of aromatic nitrogens is 2. The molecule has 112 valence electrons. The largest absolute Gasteiger partial charge is 0.192 e. The minimum Gasteiger partial charge on any atom is -0.192 e. The number of benzene rings is 2. The van der Waals surface area contributed by atoms with Gasteiger partial charge in [0.05, 0.1) is 11.6 Å². The maximum absolute atomic E-state index is 9.20. The van der Waals surface area contributed by atoms with Crippen molar-refractivity contribution in [1.82, 2.24) is 10.2 Å². The lowest BCUT2D eigenvalue weighted by Crippen LogP contribution is -1.87. The minimum absolute atomic E-state index is 0.694. The number of hydrogen-bond donors (Lipinski definition) is 0. The summed E-state index contributed by atoms with van der Waals surface area (Å²) in [6.07, 6.45) is 3.52. The lowest BCUT2D eigenvalue weighted by Gasteiger charge is -2.04. The molecule has 0 atom stereocenters. The maximum atomic E-state index is 9.20. The van der Waals surface area contributed by atoms with E-state index in [4.69, 9.17) is 0 Å². The van der Waals surface area contributed by atoms with Crippen molar-refractivity contribution in [2.24, 2.45) is 0 Å². The molecule has 0 unspecified atom stereocenters. The molecule has 4 heteroatoms. The molecule has 4 rings (SSSR count). The zero-order valence-corrected chi connectivity index (χ0v) is 13.7. The van der Waals surface area contributed by atoms with Crippen molar-refractivity contribution < 1.29 is 0 Å². The fourth-order valence-electron chi connectivity index (χ4n) is 3.14. The van der Waals surface area contributed by atoms with Gasteiger partial charge in [-0.15, -0.1) is 10.2 Å². The number of hydrogen-bond acceptors (Lipinski definition) is 4. The number of nitriles is 1. The Balaban J connectivity index is 1.76. The lowest BCUT2D eigenvalue weighted by atomic mass is 10.0. The van der Waals surface area contributed by atoms with Crippen molar-refractivity contribution in [3.63, 3.8) is 0 Å². The number of aryl methyl sites for hydroxylation is 2. The molecular weight excluding hydrogens is 302 g/mol. The number of fused-ring (bicyclic) bond motifs is 1. The first-order chi connectivity index (χ1) is 11.3. The highest BCUT2D eigenvalue weighted by Gasteiger charge is 2.18. The SMILES string of the molecule is Cc1ccc(-c2nnc(-c3cccc4c3CCC4)s2)cc1C#N. The van der Waals surface area contributed by atoms with Crippen LogP contribution in [0.1, 0.15) is 28.7 Å². The molecule has 0 N–H and O–H groups in total. The summed E-state index contributed by atoms with van der Waals surface area (Å²) in [6.45, 7) is 1.95. The molecule has 0 saturated heterocycles. The van der Waals surface area contributed by atoms with E-state index in [1.165, 1.54) is 29.5 Å². The Labute approximate surface area is 139 Å². The summed E-state index contributed by atoms with van der Waals surface area (Å²) in [5.41, 5.74) is 6.74. The molecule has 0 radical (unpaired) electrons. The summed E-state index contributed by atoms with van der Waals surface area (Å²) in [6, 6.07) is 14.6. The van der Waals surface area contributed by atoms with Crippen molar-refractivity contribution >= 4 is 11.3 Å². The van der Waals surface area contributed by atoms with Crippen LogP contribution in [0.4, 0.5) is 0 Å². The van der Waals surface area contributed by atoms with Gasteiger partial charge in [0.15, 0.2) is 0 Å². The molecule has 0 spiro atoms. The third-order valence-corrected chi connectivity index (χ3v) is 5.41. The van der Waals surface area contributed by atoms with Gasteiger partial charge in [-0.25, -0.2) is 0 Å². The van der Waals surface area contributed by atoms with Crippen LogP contribution in [-0.2, 0) is 12.8 Å². The molecule has 1 aliphatic carbocycles. The fraction of sp³-hybridized carbons (Fsp3) is 0.211. The zero-order chi connectivity index (χ0) is 15.8. The van der Waals surface area contributed by atoms with E-state index < -0.39 is 0 Å². The lowest BCUT2D eigenvalue weighted by molar-refractivity contribution is 0.912. The van der Waals surface area contributed by atoms with Crippen LogP contribution >= 0.6 is 11.3 Å². The Bertz CT molecular complexity index is 934. The molecule has 3 nitrogen and oxygen atoms in total. The summed E-state index contributed by atoms with van der Waals surface area (Å²) in [7, 11) is 0. The Morgan fingerprint density at radius 1 is 1.09 bits per heavy atom. The van der Waals surface area contributed by atoms with Gasteiger partial charge in [-0.2, -0.15) is 5.26 Å². The van der Waals surface area contributed by atoms with Gasteiger partial charge in [-0.1, -0.05) is 41.7 Å². The van der Waals surface area contributed by atoms with Gasteiger partial charge >= 0.3 is 0 Å². The Kier molecular flexibility index (Phi) is 3.44. The third-order valence-electron chi connectivity index (χ3n) is 4.41.